The summed E-state index contributed by atoms with van der Waals surface area (Å²) in [5, 5.41) is 9.57. The third-order valence-electron chi connectivity index (χ3n) is 3.11. The average Bonchev–Trinajstić information content (AvgIpc) is 2.34. The molecule has 4 nitrogen and oxygen atoms in total. The fourth-order valence-corrected chi connectivity index (χ4v) is 1.92. The van der Waals surface area contributed by atoms with Crippen LogP contribution in [0.3, 0.4) is 0 Å². The minimum atomic E-state index is -0.0681. The zero-order chi connectivity index (χ0) is 11.8. The summed E-state index contributed by atoms with van der Waals surface area (Å²) in [6, 6.07) is -0.0681. The maximum absolute atomic E-state index is 11.6. The van der Waals surface area contributed by atoms with E-state index < -0.39 is 0 Å². The number of nitrogens with one attached hydrogen (secondary N) is 3. The van der Waals surface area contributed by atoms with Crippen molar-refractivity contribution in [1.29, 1.82) is 0 Å². The van der Waals surface area contributed by atoms with E-state index in [-0.39, 0.29) is 11.9 Å². The van der Waals surface area contributed by atoms with Gasteiger partial charge in [0.05, 0.1) is 6.04 Å². The van der Waals surface area contributed by atoms with E-state index in [0.717, 1.165) is 38.5 Å². The Hall–Kier alpha value is -0.610. The van der Waals surface area contributed by atoms with E-state index in [1.165, 1.54) is 12.8 Å². The fourth-order valence-electron chi connectivity index (χ4n) is 1.92. The van der Waals surface area contributed by atoms with Gasteiger partial charge in [0.15, 0.2) is 0 Å². The molecule has 0 radical (unpaired) electrons. The van der Waals surface area contributed by atoms with Crippen LogP contribution >= 0.6 is 0 Å². The number of amides is 1. The van der Waals surface area contributed by atoms with Crippen molar-refractivity contribution in [2.45, 2.75) is 39.2 Å². The molecule has 0 saturated carbocycles. The standard InChI is InChI=1S/C12H25N3O/c1-3-6-14-12(16)10(2)15-9-11-4-7-13-8-5-11/h10-11,13,15H,3-9H2,1-2H3,(H,14,16). The van der Waals surface area contributed by atoms with Gasteiger partial charge >= 0.3 is 0 Å². The Morgan fingerprint density at radius 1 is 1.44 bits per heavy atom. The van der Waals surface area contributed by atoms with Crippen LogP contribution in [0.4, 0.5) is 0 Å². The predicted octanol–water partition coefficient (Wildman–Crippen LogP) is 0.490. The van der Waals surface area contributed by atoms with Gasteiger partial charge < -0.3 is 16.0 Å². The fraction of sp³-hybridized carbons (Fsp3) is 0.917. The second-order valence-corrected chi connectivity index (χ2v) is 4.61. The Balaban J connectivity index is 2.12. The Labute approximate surface area is 98.6 Å². The molecule has 4 heteroatoms. The molecule has 16 heavy (non-hydrogen) atoms. The van der Waals surface area contributed by atoms with Gasteiger partial charge in [0.25, 0.3) is 0 Å². The van der Waals surface area contributed by atoms with E-state index in [9.17, 15) is 4.79 Å². The third-order valence-corrected chi connectivity index (χ3v) is 3.11. The molecule has 1 rings (SSSR count). The minimum absolute atomic E-state index is 0.0681. The van der Waals surface area contributed by atoms with Crippen molar-refractivity contribution in [2.75, 3.05) is 26.2 Å². The Bertz CT molecular complexity index is 202. The summed E-state index contributed by atoms with van der Waals surface area (Å²) in [6.45, 7) is 7.96. The van der Waals surface area contributed by atoms with Crippen molar-refractivity contribution < 1.29 is 4.79 Å². The maximum atomic E-state index is 11.6. The van der Waals surface area contributed by atoms with Crippen LogP contribution in [-0.2, 0) is 4.79 Å². The third kappa shape index (κ3) is 4.94. The number of carbonyl (C=O) groups is 1. The SMILES string of the molecule is CCCNC(=O)C(C)NCC1CCNCC1. The molecule has 0 spiro atoms. The first-order valence-corrected chi connectivity index (χ1v) is 6.45. The van der Waals surface area contributed by atoms with E-state index in [1.54, 1.807) is 0 Å². The number of carbonyl (C=O) groups excluding carboxylic acids is 1. The lowest BCUT2D eigenvalue weighted by Crippen LogP contribution is -2.45. The van der Waals surface area contributed by atoms with Gasteiger partial charge in [-0.25, -0.2) is 0 Å². The van der Waals surface area contributed by atoms with Crippen molar-refractivity contribution in [3.8, 4) is 0 Å². The molecule has 1 atom stereocenters. The molecular formula is C12H25N3O. The van der Waals surface area contributed by atoms with Crippen molar-refractivity contribution in [3.63, 3.8) is 0 Å². The summed E-state index contributed by atoms with van der Waals surface area (Å²) >= 11 is 0. The minimum Gasteiger partial charge on any atom is -0.355 e. The van der Waals surface area contributed by atoms with Gasteiger partial charge in [0.1, 0.15) is 0 Å². The molecule has 0 bridgehead atoms. The second-order valence-electron chi connectivity index (χ2n) is 4.61. The van der Waals surface area contributed by atoms with Crippen LogP contribution in [0.2, 0.25) is 0 Å². The molecule has 1 amide bonds. The summed E-state index contributed by atoms with van der Waals surface area (Å²) in [6.07, 6.45) is 3.43. The molecule has 1 aliphatic heterocycles. The van der Waals surface area contributed by atoms with Gasteiger partial charge in [-0.05, 0) is 51.7 Å². The highest BCUT2D eigenvalue weighted by atomic mass is 16.2. The molecule has 1 heterocycles. The Morgan fingerprint density at radius 2 is 2.12 bits per heavy atom. The average molecular weight is 227 g/mol. The highest BCUT2D eigenvalue weighted by Gasteiger charge is 2.16. The number of piperidine rings is 1. The molecule has 1 saturated heterocycles. The summed E-state index contributed by atoms with van der Waals surface area (Å²) in [5.74, 6) is 0.846. The smallest absolute Gasteiger partial charge is 0.236 e. The summed E-state index contributed by atoms with van der Waals surface area (Å²) in [7, 11) is 0. The van der Waals surface area contributed by atoms with E-state index in [1.807, 2.05) is 6.92 Å². The predicted molar refractivity (Wildman–Crippen MR) is 66.4 cm³/mol. The Morgan fingerprint density at radius 3 is 2.75 bits per heavy atom. The van der Waals surface area contributed by atoms with Crippen molar-refractivity contribution in [3.05, 3.63) is 0 Å². The van der Waals surface area contributed by atoms with Gasteiger partial charge in [-0.15, -0.1) is 0 Å². The topological polar surface area (TPSA) is 53.2 Å². The van der Waals surface area contributed by atoms with Crippen molar-refractivity contribution >= 4 is 5.91 Å². The van der Waals surface area contributed by atoms with Gasteiger partial charge in [-0.1, -0.05) is 6.92 Å². The van der Waals surface area contributed by atoms with Crippen LogP contribution in [-0.4, -0.2) is 38.1 Å². The molecule has 1 aliphatic rings. The van der Waals surface area contributed by atoms with Crippen LogP contribution in [0.15, 0.2) is 0 Å². The number of hydrogen-bond donors (Lipinski definition) is 3. The normalized spacial score (nSPS) is 19.4. The first kappa shape index (κ1) is 13.5. The van der Waals surface area contributed by atoms with Crippen molar-refractivity contribution in [2.24, 2.45) is 5.92 Å². The lowest BCUT2D eigenvalue weighted by Gasteiger charge is -2.24. The van der Waals surface area contributed by atoms with Crippen molar-refractivity contribution in [1.82, 2.24) is 16.0 Å². The lowest BCUT2D eigenvalue weighted by molar-refractivity contribution is -0.122. The molecule has 0 aromatic rings. The Kier molecular flexibility index (Phi) is 6.42. The zero-order valence-corrected chi connectivity index (χ0v) is 10.5. The van der Waals surface area contributed by atoms with E-state index in [0.29, 0.717) is 0 Å². The molecular weight excluding hydrogens is 202 g/mol. The first-order chi connectivity index (χ1) is 7.74. The van der Waals surface area contributed by atoms with Crippen LogP contribution in [0.5, 0.6) is 0 Å². The zero-order valence-electron chi connectivity index (χ0n) is 10.5. The quantitative estimate of drug-likeness (QED) is 0.619. The highest BCUT2D eigenvalue weighted by Crippen LogP contribution is 2.09. The van der Waals surface area contributed by atoms with E-state index >= 15 is 0 Å². The summed E-state index contributed by atoms with van der Waals surface area (Å²) in [5.41, 5.74) is 0. The maximum Gasteiger partial charge on any atom is 0.236 e. The van der Waals surface area contributed by atoms with Gasteiger partial charge in [-0.2, -0.15) is 0 Å². The van der Waals surface area contributed by atoms with E-state index in [4.69, 9.17) is 0 Å². The largest absolute Gasteiger partial charge is 0.355 e. The van der Waals surface area contributed by atoms with Crippen LogP contribution in [0.25, 0.3) is 0 Å². The monoisotopic (exact) mass is 227 g/mol. The highest BCUT2D eigenvalue weighted by molar-refractivity contribution is 5.81. The second kappa shape index (κ2) is 7.63. The molecule has 1 unspecified atom stereocenters. The van der Waals surface area contributed by atoms with Gasteiger partial charge in [0, 0.05) is 6.54 Å². The van der Waals surface area contributed by atoms with Gasteiger partial charge in [-0.3, -0.25) is 4.79 Å². The first-order valence-electron chi connectivity index (χ1n) is 6.45. The molecule has 94 valence electrons. The van der Waals surface area contributed by atoms with Crippen LogP contribution < -0.4 is 16.0 Å². The molecule has 0 aromatic carbocycles. The van der Waals surface area contributed by atoms with E-state index in [2.05, 4.69) is 22.9 Å². The molecule has 0 aromatic heterocycles. The lowest BCUT2D eigenvalue weighted by atomic mass is 9.98. The number of rotatable bonds is 6. The molecule has 1 fully saturated rings. The molecule has 3 N–H and O–H groups in total. The van der Waals surface area contributed by atoms with Crippen LogP contribution in [0, 0.1) is 5.92 Å². The summed E-state index contributed by atoms with van der Waals surface area (Å²) < 4.78 is 0. The van der Waals surface area contributed by atoms with Crippen LogP contribution in [0.1, 0.15) is 33.1 Å². The summed E-state index contributed by atoms with van der Waals surface area (Å²) in [4.78, 5) is 11.6. The van der Waals surface area contributed by atoms with Gasteiger partial charge in [0.2, 0.25) is 5.91 Å². The molecule has 0 aliphatic carbocycles. The number of hydrogen-bond acceptors (Lipinski definition) is 3.